The number of nitrogens with one attached hydrogen (secondary N) is 1. The third kappa shape index (κ3) is 4.73. The number of alkyl halides is 3. The molecule has 1 heterocycles. The van der Waals surface area contributed by atoms with Crippen LogP contribution in [0, 0.1) is 11.3 Å². The van der Waals surface area contributed by atoms with Crippen molar-refractivity contribution in [1.29, 1.82) is 5.26 Å². The molecule has 0 fully saturated rings. The van der Waals surface area contributed by atoms with Crippen molar-refractivity contribution in [2.24, 2.45) is 0 Å². The number of fused-ring (bicyclic) bond motifs is 1. The molecule has 9 heteroatoms. The number of aromatic nitrogens is 1. The molecule has 1 amide bonds. The second-order valence-corrected chi connectivity index (χ2v) is 7.40. The largest absolute Gasteiger partial charge is 0.418 e. The zero-order valence-electron chi connectivity index (χ0n) is 16.7. The Balaban J connectivity index is 1.67. The summed E-state index contributed by atoms with van der Waals surface area (Å²) in [5.74, 6) is -0.489. The van der Waals surface area contributed by atoms with Crippen LogP contribution in [0.3, 0.4) is 0 Å². The van der Waals surface area contributed by atoms with Gasteiger partial charge in [0, 0.05) is 10.6 Å². The normalized spacial score (nSPS) is 11.9. The number of nitriles is 1. The van der Waals surface area contributed by atoms with E-state index in [0.717, 1.165) is 17.7 Å². The lowest BCUT2D eigenvalue weighted by Crippen LogP contribution is -2.17. The van der Waals surface area contributed by atoms with Crippen LogP contribution in [0.15, 0.2) is 76.8 Å². The lowest BCUT2D eigenvalue weighted by molar-refractivity contribution is -0.137. The maximum atomic E-state index is 13.2. The van der Waals surface area contributed by atoms with Gasteiger partial charge in [0.15, 0.2) is 5.76 Å². The van der Waals surface area contributed by atoms with Crippen LogP contribution in [-0.2, 0) is 11.0 Å². The van der Waals surface area contributed by atoms with Crippen LogP contribution in [0.4, 0.5) is 18.9 Å². The Labute approximate surface area is 190 Å². The first-order valence-electron chi connectivity index (χ1n) is 9.51. The first kappa shape index (κ1) is 22.1. The quantitative estimate of drug-likeness (QED) is 0.267. The standard InChI is InChI=1S/C24H13ClF3N3O2/c25-17-8-6-15(7-9-17)22-18-12-14(5-10-20(18)31-33-22)11-16(13-29)23(32)30-21-4-2-1-3-19(21)24(26,27)28/h1-12H,(H,30,32)/b16-11+. The van der Waals surface area contributed by atoms with Crippen LogP contribution in [-0.4, -0.2) is 11.1 Å². The van der Waals surface area contributed by atoms with Gasteiger partial charge in [-0.2, -0.15) is 18.4 Å². The Kier molecular flexibility index (Phi) is 5.90. The second kappa shape index (κ2) is 8.81. The fourth-order valence-electron chi connectivity index (χ4n) is 3.20. The number of benzene rings is 3. The van der Waals surface area contributed by atoms with Crippen molar-refractivity contribution >= 4 is 40.2 Å². The Morgan fingerprint density at radius 2 is 1.82 bits per heavy atom. The third-order valence-corrected chi connectivity index (χ3v) is 5.02. The molecule has 5 nitrogen and oxygen atoms in total. The van der Waals surface area contributed by atoms with E-state index in [1.54, 1.807) is 48.5 Å². The van der Waals surface area contributed by atoms with E-state index >= 15 is 0 Å². The summed E-state index contributed by atoms with van der Waals surface area (Å²) in [7, 11) is 0. The zero-order valence-corrected chi connectivity index (χ0v) is 17.4. The molecule has 164 valence electrons. The summed E-state index contributed by atoms with van der Waals surface area (Å²) in [4.78, 5) is 12.5. The van der Waals surface area contributed by atoms with Gasteiger partial charge in [0.05, 0.1) is 16.6 Å². The molecule has 0 aliphatic heterocycles. The maximum absolute atomic E-state index is 13.2. The van der Waals surface area contributed by atoms with E-state index in [1.165, 1.54) is 18.2 Å². The van der Waals surface area contributed by atoms with Gasteiger partial charge in [0.1, 0.15) is 17.2 Å². The number of hydrogen-bond donors (Lipinski definition) is 1. The smallest absolute Gasteiger partial charge is 0.355 e. The first-order chi connectivity index (χ1) is 15.8. The number of carbonyl (C=O) groups excluding carboxylic acids is 1. The lowest BCUT2D eigenvalue weighted by Gasteiger charge is -2.13. The molecular weight excluding hydrogens is 455 g/mol. The predicted octanol–water partition coefficient (Wildman–Crippen LogP) is 6.71. The SMILES string of the molecule is N#C/C(=C\c1ccc2noc(-c3ccc(Cl)cc3)c2c1)C(=O)Nc1ccccc1C(F)(F)F. The summed E-state index contributed by atoms with van der Waals surface area (Å²) in [5.41, 5.74) is -0.0541. The number of hydrogen-bond acceptors (Lipinski definition) is 4. The minimum atomic E-state index is -4.65. The summed E-state index contributed by atoms with van der Waals surface area (Å²) < 4.78 is 45.0. The number of anilines is 1. The van der Waals surface area contributed by atoms with Crippen LogP contribution in [0.2, 0.25) is 5.02 Å². The number of halogens is 4. The van der Waals surface area contributed by atoms with Crippen LogP contribution < -0.4 is 5.32 Å². The number of amides is 1. The van der Waals surface area contributed by atoms with E-state index in [9.17, 15) is 23.2 Å². The number of para-hydroxylation sites is 1. The zero-order chi connectivity index (χ0) is 23.6. The number of carbonyl (C=O) groups is 1. The fourth-order valence-corrected chi connectivity index (χ4v) is 3.33. The van der Waals surface area contributed by atoms with E-state index in [4.69, 9.17) is 16.1 Å². The molecule has 0 unspecified atom stereocenters. The Hall–Kier alpha value is -4.09. The molecule has 4 aromatic rings. The highest BCUT2D eigenvalue weighted by molar-refractivity contribution is 6.30. The van der Waals surface area contributed by atoms with Gasteiger partial charge in [-0.15, -0.1) is 0 Å². The molecule has 0 saturated heterocycles. The van der Waals surface area contributed by atoms with Gasteiger partial charge >= 0.3 is 6.18 Å². The molecule has 33 heavy (non-hydrogen) atoms. The van der Waals surface area contributed by atoms with Crippen LogP contribution >= 0.6 is 11.6 Å². The van der Waals surface area contributed by atoms with Crippen molar-refractivity contribution < 1.29 is 22.5 Å². The van der Waals surface area contributed by atoms with Gasteiger partial charge in [-0.3, -0.25) is 4.79 Å². The van der Waals surface area contributed by atoms with Gasteiger partial charge in [0.25, 0.3) is 5.91 Å². The van der Waals surface area contributed by atoms with Crippen molar-refractivity contribution in [3.8, 4) is 17.4 Å². The highest BCUT2D eigenvalue weighted by Crippen LogP contribution is 2.35. The Bertz CT molecular complexity index is 1420. The molecule has 0 spiro atoms. The second-order valence-electron chi connectivity index (χ2n) is 6.96. The molecule has 0 bridgehead atoms. The lowest BCUT2D eigenvalue weighted by atomic mass is 10.0. The molecule has 4 rings (SSSR count). The monoisotopic (exact) mass is 467 g/mol. The molecule has 3 aromatic carbocycles. The van der Waals surface area contributed by atoms with Crippen molar-refractivity contribution in [3.05, 3.63) is 88.5 Å². The summed E-state index contributed by atoms with van der Waals surface area (Å²) in [6.45, 7) is 0. The molecule has 0 aliphatic carbocycles. The summed E-state index contributed by atoms with van der Waals surface area (Å²) in [5, 5.41) is 16.8. The molecule has 0 radical (unpaired) electrons. The van der Waals surface area contributed by atoms with Crippen molar-refractivity contribution in [2.75, 3.05) is 5.32 Å². The van der Waals surface area contributed by atoms with Crippen LogP contribution in [0.25, 0.3) is 28.3 Å². The van der Waals surface area contributed by atoms with Crippen molar-refractivity contribution in [3.63, 3.8) is 0 Å². The highest BCUT2D eigenvalue weighted by atomic mass is 35.5. The average Bonchev–Trinajstić information content (AvgIpc) is 3.21. The molecule has 0 saturated carbocycles. The highest BCUT2D eigenvalue weighted by Gasteiger charge is 2.33. The van der Waals surface area contributed by atoms with E-state index in [0.29, 0.717) is 27.2 Å². The molecule has 0 atom stereocenters. The Morgan fingerprint density at radius 3 is 2.52 bits per heavy atom. The van der Waals surface area contributed by atoms with E-state index in [2.05, 4.69) is 10.5 Å². The van der Waals surface area contributed by atoms with Crippen LogP contribution in [0.5, 0.6) is 0 Å². The fraction of sp³-hybridized carbons (Fsp3) is 0.0417. The van der Waals surface area contributed by atoms with Gasteiger partial charge in [0.2, 0.25) is 0 Å². The minimum Gasteiger partial charge on any atom is -0.355 e. The summed E-state index contributed by atoms with van der Waals surface area (Å²) in [6, 6.07) is 18.1. The van der Waals surface area contributed by atoms with E-state index < -0.39 is 23.3 Å². The van der Waals surface area contributed by atoms with Crippen molar-refractivity contribution in [2.45, 2.75) is 6.18 Å². The van der Waals surface area contributed by atoms with Crippen LogP contribution in [0.1, 0.15) is 11.1 Å². The van der Waals surface area contributed by atoms with Gasteiger partial charge in [-0.1, -0.05) is 35.0 Å². The van der Waals surface area contributed by atoms with Gasteiger partial charge in [-0.05, 0) is 60.2 Å². The topological polar surface area (TPSA) is 78.9 Å². The molecular formula is C24H13ClF3N3O2. The Morgan fingerprint density at radius 1 is 1.09 bits per heavy atom. The number of nitrogens with zero attached hydrogens (tertiary/aromatic N) is 2. The first-order valence-corrected chi connectivity index (χ1v) is 9.89. The third-order valence-electron chi connectivity index (χ3n) is 4.76. The average molecular weight is 468 g/mol. The van der Waals surface area contributed by atoms with Gasteiger partial charge < -0.3 is 9.84 Å². The minimum absolute atomic E-state index is 0.365. The molecule has 1 N–H and O–H groups in total. The maximum Gasteiger partial charge on any atom is 0.418 e. The van der Waals surface area contributed by atoms with Crippen molar-refractivity contribution in [1.82, 2.24) is 5.16 Å². The molecule has 0 aliphatic rings. The van der Waals surface area contributed by atoms with E-state index in [-0.39, 0.29) is 5.57 Å². The molecule has 1 aromatic heterocycles. The number of rotatable bonds is 4. The summed E-state index contributed by atoms with van der Waals surface area (Å²) >= 11 is 5.93. The van der Waals surface area contributed by atoms with E-state index in [1.807, 2.05) is 0 Å². The van der Waals surface area contributed by atoms with Gasteiger partial charge in [-0.25, -0.2) is 0 Å². The summed E-state index contributed by atoms with van der Waals surface area (Å²) in [6.07, 6.45) is -3.37. The predicted molar refractivity (Wildman–Crippen MR) is 118 cm³/mol.